The van der Waals surface area contributed by atoms with Crippen LogP contribution in [0.5, 0.6) is 5.75 Å². The maximum Gasteiger partial charge on any atom is 0.363 e. The Balaban J connectivity index is 2.13. The van der Waals surface area contributed by atoms with Gasteiger partial charge in [0, 0.05) is 31.9 Å². The highest BCUT2D eigenvalue weighted by atomic mass is 31.2. The van der Waals surface area contributed by atoms with E-state index in [1.54, 1.807) is 19.1 Å². The molecule has 2 aromatic carbocycles. The number of phenols is 1. The van der Waals surface area contributed by atoms with Gasteiger partial charge in [-0.3, -0.25) is 14.2 Å². The number of benzene rings is 2. The first-order chi connectivity index (χ1) is 14.6. The SMILES string of the molecule is COP(=O)(OC)C(NC(=O)c1ccc(C(=O)NCc2cccc(O)c2)cc1C)C(=O)O. The Hall–Kier alpha value is -3.20. The summed E-state index contributed by atoms with van der Waals surface area (Å²) >= 11 is 0. The molecule has 2 amide bonds. The Labute approximate surface area is 178 Å². The lowest BCUT2D eigenvalue weighted by atomic mass is 10.0. The van der Waals surface area contributed by atoms with Crippen molar-refractivity contribution in [1.82, 2.24) is 10.6 Å². The van der Waals surface area contributed by atoms with E-state index < -0.39 is 31.2 Å². The molecule has 4 N–H and O–H groups in total. The van der Waals surface area contributed by atoms with Crippen LogP contribution in [0.3, 0.4) is 0 Å². The molecular formula is C20H23N2O8P. The van der Waals surface area contributed by atoms with Crippen molar-refractivity contribution in [3.05, 3.63) is 64.7 Å². The van der Waals surface area contributed by atoms with Gasteiger partial charge in [-0.25, -0.2) is 4.79 Å². The predicted molar refractivity (Wildman–Crippen MR) is 111 cm³/mol. The quantitative estimate of drug-likeness (QED) is 0.425. The molecule has 0 spiro atoms. The van der Waals surface area contributed by atoms with E-state index in [0.29, 0.717) is 11.1 Å². The molecule has 1 atom stereocenters. The Morgan fingerprint density at radius 1 is 1.06 bits per heavy atom. The van der Waals surface area contributed by atoms with E-state index in [-0.39, 0.29) is 23.4 Å². The summed E-state index contributed by atoms with van der Waals surface area (Å²) in [5.74, 6) is -4.61. The van der Waals surface area contributed by atoms with Crippen molar-refractivity contribution < 1.29 is 38.2 Å². The third-order valence-corrected chi connectivity index (χ3v) is 6.42. The number of carbonyl (C=O) groups excluding carboxylic acids is 2. The first kappa shape index (κ1) is 24.1. The van der Waals surface area contributed by atoms with Crippen molar-refractivity contribution >= 4 is 25.4 Å². The van der Waals surface area contributed by atoms with Gasteiger partial charge < -0.3 is 29.9 Å². The van der Waals surface area contributed by atoms with Gasteiger partial charge in [0.15, 0.2) is 0 Å². The molecule has 11 heteroatoms. The number of rotatable bonds is 9. The fourth-order valence-electron chi connectivity index (χ4n) is 2.77. The summed E-state index contributed by atoms with van der Waals surface area (Å²) < 4.78 is 21.7. The van der Waals surface area contributed by atoms with Crippen LogP contribution in [0.25, 0.3) is 0 Å². The normalized spacial score (nSPS) is 12.1. The van der Waals surface area contributed by atoms with Gasteiger partial charge in [-0.1, -0.05) is 12.1 Å². The number of carbonyl (C=O) groups is 3. The average Bonchev–Trinajstić information content (AvgIpc) is 2.74. The maximum atomic E-state index is 12.6. The number of nitrogens with one attached hydrogen (secondary N) is 2. The van der Waals surface area contributed by atoms with Crippen LogP contribution in [0, 0.1) is 6.92 Å². The van der Waals surface area contributed by atoms with Crippen molar-refractivity contribution in [2.45, 2.75) is 19.3 Å². The fraction of sp³-hybridized carbons (Fsp3) is 0.250. The Kier molecular flexibility index (Phi) is 7.93. The number of amides is 2. The first-order valence-corrected chi connectivity index (χ1v) is 10.6. The van der Waals surface area contributed by atoms with Crippen molar-refractivity contribution in [3.8, 4) is 5.75 Å². The number of carboxylic acids is 1. The van der Waals surface area contributed by atoms with Crippen molar-refractivity contribution in [1.29, 1.82) is 0 Å². The molecule has 0 saturated carbocycles. The van der Waals surface area contributed by atoms with Crippen molar-refractivity contribution in [3.63, 3.8) is 0 Å². The smallest absolute Gasteiger partial charge is 0.363 e. The summed E-state index contributed by atoms with van der Waals surface area (Å²) in [7, 11) is -2.09. The molecule has 0 aliphatic carbocycles. The fourth-order valence-corrected chi connectivity index (χ4v) is 3.89. The van der Waals surface area contributed by atoms with Crippen LogP contribution in [0.4, 0.5) is 0 Å². The summed E-state index contributed by atoms with van der Waals surface area (Å²) in [6, 6.07) is 10.7. The Bertz CT molecular complexity index is 1030. The highest BCUT2D eigenvalue weighted by molar-refractivity contribution is 7.55. The second-order valence-corrected chi connectivity index (χ2v) is 8.83. The molecule has 166 valence electrons. The van der Waals surface area contributed by atoms with Gasteiger partial charge in [0.05, 0.1) is 0 Å². The molecule has 2 rings (SSSR count). The van der Waals surface area contributed by atoms with Crippen LogP contribution < -0.4 is 10.6 Å². The molecule has 0 saturated heterocycles. The van der Waals surface area contributed by atoms with Gasteiger partial charge in [0.2, 0.25) is 5.78 Å². The van der Waals surface area contributed by atoms with E-state index >= 15 is 0 Å². The minimum absolute atomic E-state index is 0.0871. The molecule has 0 aliphatic rings. The average molecular weight is 450 g/mol. The van der Waals surface area contributed by atoms with Gasteiger partial charge in [-0.2, -0.15) is 0 Å². The van der Waals surface area contributed by atoms with Crippen LogP contribution in [0.2, 0.25) is 0 Å². The molecule has 0 heterocycles. The predicted octanol–water partition coefficient (Wildman–Crippen LogP) is 2.26. The monoisotopic (exact) mass is 450 g/mol. The van der Waals surface area contributed by atoms with Gasteiger partial charge in [-0.15, -0.1) is 0 Å². The van der Waals surface area contributed by atoms with Crippen LogP contribution in [0.1, 0.15) is 31.8 Å². The third kappa shape index (κ3) is 5.91. The van der Waals surface area contributed by atoms with Crippen LogP contribution in [0.15, 0.2) is 42.5 Å². The molecule has 0 fully saturated rings. The number of carboxylic acid groups (broad SMARTS) is 1. The van der Waals surface area contributed by atoms with Crippen LogP contribution in [-0.4, -0.2) is 48.0 Å². The van der Waals surface area contributed by atoms with Crippen molar-refractivity contribution in [2.75, 3.05) is 14.2 Å². The molecule has 2 aromatic rings. The number of aliphatic carboxylic acids is 1. The van der Waals surface area contributed by atoms with Gasteiger partial charge in [-0.05, 0) is 48.4 Å². The van der Waals surface area contributed by atoms with E-state index in [1.165, 1.54) is 30.3 Å². The Morgan fingerprint density at radius 2 is 1.74 bits per heavy atom. The summed E-state index contributed by atoms with van der Waals surface area (Å²) in [6.45, 7) is 1.76. The summed E-state index contributed by atoms with van der Waals surface area (Å²) in [4.78, 5) is 36.4. The summed E-state index contributed by atoms with van der Waals surface area (Å²) in [5.41, 5.74) is 1.48. The molecular weight excluding hydrogens is 427 g/mol. The maximum absolute atomic E-state index is 12.6. The minimum atomic E-state index is -4.12. The summed E-state index contributed by atoms with van der Waals surface area (Å²) in [6.07, 6.45) is 0. The molecule has 10 nitrogen and oxygen atoms in total. The molecule has 0 aromatic heterocycles. The van der Waals surface area contributed by atoms with Gasteiger partial charge >= 0.3 is 13.6 Å². The lowest BCUT2D eigenvalue weighted by Crippen LogP contribution is -2.41. The van der Waals surface area contributed by atoms with E-state index in [9.17, 15) is 29.2 Å². The Morgan fingerprint density at radius 3 is 2.29 bits per heavy atom. The second kappa shape index (κ2) is 10.2. The zero-order valence-corrected chi connectivity index (χ0v) is 18.0. The second-order valence-electron chi connectivity index (χ2n) is 6.50. The zero-order valence-electron chi connectivity index (χ0n) is 17.1. The van der Waals surface area contributed by atoms with E-state index in [4.69, 9.17) is 0 Å². The third-order valence-electron chi connectivity index (χ3n) is 4.42. The lowest BCUT2D eigenvalue weighted by molar-refractivity contribution is -0.137. The molecule has 1 unspecified atom stereocenters. The van der Waals surface area contributed by atoms with Crippen LogP contribution >= 0.6 is 7.60 Å². The number of phenolic OH excluding ortho intramolecular Hbond substituents is 1. The highest BCUT2D eigenvalue weighted by Gasteiger charge is 2.41. The first-order valence-electron chi connectivity index (χ1n) is 9.03. The van der Waals surface area contributed by atoms with Gasteiger partial charge in [0.25, 0.3) is 11.8 Å². The number of aromatic hydroxyl groups is 1. The number of hydrogen-bond donors (Lipinski definition) is 4. The van der Waals surface area contributed by atoms with Crippen molar-refractivity contribution in [2.24, 2.45) is 0 Å². The van der Waals surface area contributed by atoms with E-state index in [0.717, 1.165) is 14.2 Å². The largest absolute Gasteiger partial charge is 0.508 e. The zero-order chi connectivity index (χ0) is 23.2. The topological polar surface area (TPSA) is 151 Å². The van der Waals surface area contributed by atoms with E-state index in [2.05, 4.69) is 19.7 Å². The molecule has 0 radical (unpaired) electrons. The minimum Gasteiger partial charge on any atom is -0.508 e. The number of aryl methyl sites for hydroxylation is 1. The standard InChI is InChI=1S/C20H23N2O8P/c1-12-9-14(17(24)21-11-13-5-4-6-15(23)10-13)7-8-16(12)18(25)22-19(20(26)27)31(28,29-2)30-3/h4-10,19,23H,11H2,1-3H3,(H,21,24)(H,22,25)(H,26,27). The highest BCUT2D eigenvalue weighted by Crippen LogP contribution is 2.50. The van der Waals surface area contributed by atoms with E-state index in [1.807, 2.05) is 0 Å². The van der Waals surface area contributed by atoms with Gasteiger partial charge in [0.1, 0.15) is 5.75 Å². The number of hydrogen-bond acceptors (Lipinski definition) is 7. The lowest BCUT2D eigenvalue weighted by Gasteiger charge is -2.22. The molecule has 0 aliphatic heterocycles. The molecule has 0 bridgehead atoms. The van der Waals surface area contributed by atoms with Crippen LogP contribution in [-0.2, 0) is 25.0 Å². The summed E-state index contributed by atoms with van der Waals surface area (Å²) in [5, 5.41) is 23.6. The molecule has 31 heavy (non-hydrogen) atoms.